The van der Waals surface area contributed by atoms with Crippen LogP contribution < -0.4 is 10.6 Å². The monoisotopic (exact) mass is 349 g/mol. The van der Waals surface area contributed by atoms with Gasteiger partial charge in [0, 0.05) is 19.6 Å². The Morgan fingerprint density at radius 3 is 2.60 bits per heavy atom. The van der Waals surface area contributed by atoms with E-state index in [0.29, 0.717) is 30.9 Å². The van der Waals surface area contributed by atoms with E-state index in [0.717, 1.165) is 0 Å². The molecule has 0 aromatic heterocycles. The first-order chi connectivity index (χ1) is 12.0. The Kier molecular flexibility index (Phi) is 3.88. The van der Waals surface area contributed by atoms with E-state index in [1.54, 1.807) is 17.0 Å². The molecule has 0 bridgehead atoms. The van der Waals surface area contributed by atoms with Crippen molar-refractivity contribution in [3.63, 3.8) is 0 Å². The molecule has 2 aliphatic heterocycles. The van der Waals surface area contributed by atoms with Gasteiger partial charge in [0.05, 0.1) is 12.2 Å². The molecule has 1 saturated carbocycles. The molecule has 7 nitrogen and oxygen atoms in total. The smallest absolute Gasteiger partial charge is 0.414 e. The zero-order valence-corrected chi connectivity index (χ0v) is 13.6. The first-order valence-corrected chi connectivity index (χ1v) is 8.39. The number of cyclic esters (lactones) is 1. The van der Waals surface area contributed by atoms with E-state index in [1.165, 1.54) is 11.0 Å². The van der Waals surface area contributed by atoms with Crippen LogP contribution in [-0.2, 0) is 9.53 Å². The highest BCUT2D eigenvalue weighted by Crippen LogP contribution is 2.58. The highest BCUT2D eigenvalue weighted by Gasteiger charge is 2.57. The maximum absolute atomic E-state index is 14.6. The number of rotatable bonds is 4. The Bertz CT molecular complexity index is 716. The standard InChI is InChI=1S/C17H20FN3O4/c18-14-3-9(21-5-10(4-19)25-17(21)24)1-2-11(14)16-12-6-20(7-13(12)16)15(23)8-22/h1-3,10,12-13,16,22H,4-8,19H2/t10-,12-,13+,16?/m0/s1. The molecule has 0 radical (unpaired) electrons. The molecule has 2 amide bonds. The number of aliphatic hydroxyl groups excluding tert-OH is 1. The normalized spacial score (nSPS) is 30.4. The Morgan fingerprint density at radius 1 is 1.32 bits per heavy atom. The van der Waals surface area contributed by atoms with Crippen LogP contribution in [-0.4, -0.2) is 60.9 Å². The highest BCUT2D eigenvalue weighted by molar-refractivity contribution is 5.89. The van der Waals surface area contributed by atoms with E-state index in [4.69, 9.17) is 15.6 Å². The quantitative estimate of drug-likeness (QED) is 0.814. The molecule has 3 fully saturated rings. The number of fused-ring (bicyclic) bond motifs is 1. The number of hydrogen-bond acceptors (Lipinski definition) is 5. The Morgan fingerprint density at radius 2 is 2.04 bits per heavy atom. The van der Waals surface area contributed by atoms with Crippen molar-refractivity contribution < 1.29 is 23.8 Å². The maximum Gasteiger partial charge on any atom is 0.414 e. The lowest BCUT2D eigenvalue weighted by molar-refractivity contribution is -0.133. The number of likely N-dealkylation sites (tertiary alicyclic amines) is 1. The van der Waals surface area contributed by atoms with E-state index in [9.17, 15) is 14.0 Å². The average molecular weight is 349 g/mol. The van der Waals surface area contributed by atoms with Crippen molar-refractivity contribution in [2.75, 3.05) is 37.7 Å². The zero-order valence-electron chi connectivity index (χ0n) is 13.6. The molecule has 1 aromatic rings. The summed E-state index contributed by atoms with van der Waals surface area (Å²) in [6.07, 6.45) is -0.878. The molecule has 3 aliphatic rings. The summed E-state index contributed by atoms with van der Waals surface area (Å²) in [4.78, 5) is 26.4. The highest BCUT2D eigenvalue weighted by atomic mass is 19.1. The van der Waals surface area contributed by atoms with Crippen LogP contribution in [0, 0.1) is 17.7 Å². The van der Waals surface area contributed by atoms with Gasteiger partial charge in [-0.15, -0.1) is 0 Å². The van der Waals surface area contributed by atoms with Crippen molar-refractivity contribution >= 4 is 17.7 Å². The van der Waals surface area contributed by atoms with Gasteiger partial charge in [0.1, 0.15) is 18.5 Å². The molecule has 8 heteroatoms. The maximum atomic E-state index is 14.6. The lowest BCUT2D eigenvalue weighted by atomic mass is 10.0. The van der Waals surface area contributed by atoms with Crippen LogP contribution in [0.4, 0.5) is 14.9 Å². The molecule has 1 aliphatic carbocycles. The summed E-state index contributed by atoms with van der Waals surface area (Å²) in [6.45, 7) is 1.19. The van der Waals surface area contributed by atoms with Crippen molar-refractivity contribution in [3.05, 3.63) is 29.6 Å². The van der Waals surface area contributed by atoms with E-state index in [1.807, 2.05) is 0 Å². The fourth-order valence-electron chi connectivity index (χ4n) is 4.10. The fraction of sp³-hybridized carbons (Fsp3) is 0.529. The number of ether oxygens (including phenoxy) is 1. The largest absolute Gasteiger partial charge is 0.443 e. The van der Waals surface area contributed by atoms with Crippen molar-refractivity contribution in [2.24, 2.45) is 17.6 Å². The second-order valence-electron chi connectivity index (χ2n) is 6.87. The molecular weight excluding hydrogens is 329 g/mol. The number of anilines is 1. The molecule has 2 heterocycles. The summed E-state index contributed by atoms with van der Waals surface area (Å²) in [5, 5.41) is 8.91. The van der Waals surface area contributed by atoms with Crippen LogP contribution in [0.25, 0.3) is 0 Å². The molecule has 134 valence electrons. The third kappa shape index (κ3) is 2.65. The van der Waals surface area contributed by atoms with Gasteiger partial charge in [-0.05, 0) is 35.4 Å². The van der Waals surface area contributed by atoms with Crippen LogP contribution in [0.2, 0.25) is 0 Å². The number of piperidine rings is 1. The van der Waals surface area contributed by atoms with Gasteiger partial charge in [0.25, 0.3) is 0 Å². The van der Waals surface area contributed by atoms with Crippen molar-refractivity contribution in [2.45, 2.75) is 12.0 Å². The fourth-order valence-corrected chi connectivity index (χ4v) is 4.10. The van der Waals surface area contributed by atoms with Crippen LogP contribution >= 0.6 is 0 Å². The predicted octanol–water partition coefficient (Wildman–Crippen LogP) is 0.274. The number of carbonyl (C=O) groups excluding carboxylic acids is 2. The zero-order chi connectivity index (χ0) is 17.7. The molecule has 4 rings (SSSR count). The molecule has 3 N–H and O–H groups in total. The van der Waals surface area contributed by atoms with Gasteiger partial charge in [-0.25, -0.2) is 9.18 Å². The number of amides is 2. The summed E-state index contributed by atoms with van der Waals surface area (Å²) in [7, 11) is 0. The van der Waals surface area contributed by atoms with Gasteiger partial charge in [0.2, 0.25) is 5.91 Å². The Labute approximate surface area is 144 Å². The Balaban J connectivity index is 1.46. The minimum absolute atomic E-state index is 0.0964. The lowest BCUT2D eigenvalue weighted by Gasteiger charge is -2.19. The van der Waals surface area contributed by atoms with Gasteiger partial charge in [0.15, 0.2) is 0 Å². The van der Waals surface area contributed by atoms with E-state index < -0.39 is 12.7 Å². The lowest BCUT2D eigenvalue weighted by Crippen LogP contribution is -2.33. The summed E-state index contributed by atoms with van der Waals surface area (Å²) >= 11 is 0. The SMILES string of the molecule is NC[C@H]1CN(c2ccc(C3[C@H]4CN(C(=O)CO)C[C@@H]34)c(F)c2)C(=O)O1. The summed E-state index contributed by atoms with van der Waals surface area (Å²) in [5.74, 6) is -0.0349. The third-order valence-corrected chi connectivity index (χ3v) is 5.47. The summed E-state index contributed by atoms with van der Waals surface area (Å²) in [5.41, 5.74) is 6.60. The summed E-state index contributed by atoms with van der Waals surface area (Å²) < 4.78 is 19.7. The molecular formula is C17H20FN3O4. The molecule has 25 heavy (non-hydrogen) atoms. The van der Waals surface area contributed by atoms with E-state index in [-0.39, 0.29) is 42.1 Å². The van der Waals surface area contributed by atoms with E-state index in [2.05, 4.69) is 0 Å². The number of benzene rings is 1. The van der Waals surface area contributed by atoms with Gasteiger partial charge in [-0.1, -0.05) is 6.07 Å². The summed E-state index contributed by atoms with van der Waals surface area (Å²) in [6, 6.07) is 4.80. The van der Waals surface area contributed by atoms with Crippen molar-refractivity contribution in [1.82, 2.24) is 4.90 Å². The van der Waals surface area contributed by atoms with Crippen LogP contribution in [0.5, 0.6) is 0 Å². The van der Waals surface area contributed by atoms with Gasteiger partial charge < -0.3 is 20.5 Å². The number of hydrogen-bond donors (Lipinski definition) is 2. The van der Waals surface area contributed by atoms with Gasteiger partial charge in [-0.3, -0.25) is 9.69 Å². The number of nitrogens with zero attached hydrogens (tertiary/aromatic N) is 2. The first kappa shape index (κ1) is 16.3. The van der Waals surface area contributed by atoms with Crippen LogP contribution in [0.15, 0.2) is 18.2 Å². The number of aliphatic hydroxyl groups is 1. The van der Waals surface area contributed by atoms with Crippen molar-refractivity contribution in [1.29, 1.82) is 0 Å². The second kappa shape index (κ2) is 5.96. The van der Waals surface area contributed by atoms with Crippen molar-refractivity contribution in [3.8, 4) is 0 Å². The van der Waals surface area contributed by atoms with Gasteiger partial charge >= 0.3 is 6.09 Å². The second-order valence-corrected chi connectivity index (χ2v) is 6.87. The Hall–Kier alpha value is -2.19. The van der Waals surface area contributed by atoms with Crippen LogP contribution in [0.3, 0.4) is 0 Å². The predicted molar refractivity (Wildman–Crippen MR) is 86.5 cm³/mol. The average Bonchev–Trinajstić information content (AvgIpc) is 2.97. The third-order valence-electron chi connectivity index (χ3n) is 5.47. The number of carbonyl (C=O) groups is 2. The molecule has 2 saturated heterocycles. The molecule has 4 atom stereocenters. The number of nitrogens with two attached hydrogens (primary N) is 1. The van der Waals surface area contributed by atoms with Crippen LogP contribution in [0.1, 0.15) is 11.5 Å². The minimum Gasteiger partial charge on any atom is -0.443 e. The first-order valence-electron chi connectivity index (χ1n) is 8.39. The molecule has 1 unspecified atom stereocenters. The van der Waals surface area contributed by atoms with Gasteiger partial charge in [-0.2, -0.15) is 0 Å². The minimum atomic E-state index is -0.510. The van der Waals surface area contributed by atoms with E-state index >= 15 is 0 Å². The molecule has 0 spiro atoms. The molecule has 1 aromatic carbocycles. The topological polar surface area (TPSA) is 96.1 Å². The number of halogens is 1.